The number of furan rings is 1. The Morgan fingerprint density at radius 3 is 2.53 bits per heavy atom. The Bertz CT molecular complexity index is 1370. The van der Waals surface area contributed by atoms with Crippen LogP contribution in [0.2, 0.25) is 0 Å². The van der Waals surface area contributed by atoms with Crippen LogP contribution in [-0.4, -0.2) is 17.1 Å². The summed E-state index contributed by atoms with van der Waals surface area (Å²) in [6, 6.07) is 11.1. The Hall–Kier alpha value is -3.19. The molecule has 0 saturated carbocycles. The van der Waals surface area contributed by atoms with Gasteiger partial charge in [0.1, 0.15) is 11.5 Å². The van der Waals surface area contributed by atoms with Gasteiger partial charge in [0.2, 0.25) is 0 Å². The van der Waals surface area contributed by atoms with E-state index in [4.69, 9.17) is 9.15 Å². The maximum atomic E-state index is 13.5. The Morgan fingerprint density at radius 1 is 1.22 bits per heavy atom. The molecule has 32 heavy (non-hydrogen) atoms. The molecule has 0 fully saturated rings. The van der Waals surface area contributed by atoms with E-state index in [1.54, 1.807) is 24.5 Å². The first-order valence-corrected chi connectivity index (χ1v) is 11.5. The van der Waals surface area contributed by atoms with Gasteiger partial charge in [-0.1, -0.05) is 49.4 Å². The average molecular weight is 451 g/mol. The summed E-state index contributed by atoms with van der Waals surface area (Å²) in [6.45, 7) is 9.91. The number of ether oxygens (including phenoxy) is 1. The van der Waals surface area contributed by atoms with Crippen LogP contribution in [-0.2, 0) is 9.53 Å². The van der Waals surface area contributed by atoms with Gasteiger partial charge in [-0.15, -0.1) is 0 Å². The van der Waals surface area contributed by atoms with Crippen LogP contribution in [0.1, 0.15) is 62.3 Å². The third-order valence-corrected chi connectivity index (χ3v) is 6.45. The molecule has 4 rings (SSSR count). The fourth-order valence-corrected chi connectivity index (χ4v) is 4.86. The molecule has 0 spiro atoms. The second-order valence-electron chi connectivity index (χ2n) is 8.07. The lowest BCUT2D eigenvalue weighted by molar-refractivity contribution is -0.139. The van der Waals surface area contributed by atoms with Crippen molar-refractivity contribution in [3.05, 3.63) is 90.0 Å². The van der Waals surface area contributed by atoms with Crippen molar-refractivity contribution >= 4 is 23.4 Å². The van der Waals surface area contributed by atoms with E-state index in [0.717, 1.165) is 11.3 Å². The molecule has 0 aliphatic carbocycles. The van der Waals surface area contributed by atoms with E-state index < -0.39 is 12.0 Å². The zero-order valence-corrected chi connectivity index (χ0v) is 19.7. The number of allylic oxidation sites excluding steroid dienone is 1. The molecule has 0 radical (unpaired) electrons. The second kappa shape index (κ2) is 8.74. The zero-order valence-electron chi connectivity index (χ0n) is 18.8. The maximum absolute atomic E-state index is 13.5. The number of thiazole rings is 1. The lowest BCUT2D eigenvalue weighted by atomic mass is 9.93. The van der Waals surface area contributed by atoms with E-state index in [-0.39, 0.29) is 12.2 Å². The van der Waals surface area contributed by atoms with Gasteiger partial charge in [0, 0.05) is 6.08 Å². The highest BCUT2D eigenvalue weighted by Gasteiger charge is 2.33. The van der Waals surface area contributed by atoms with E-state index >= 15 is 0 Å². The van der Waals surface area contributed by atoms with Gasteiger partial charge in [-0.3, -0.25) is 9.36 Å². The average Bonchev–Trinajstić information content (AvgIpc) is 3.30. The van der Waals surface area contributed by atoms with E-state index in [9.17, 15) is 9.59 Å². The van der Waals surface area contributed by atoms with Crippen LogP contribution < -0.4 is 14.9 Å². The summed E-state index contributed by atoms with van der Waals surface area (Å²) >= 11 is 1.29. The molecule has 1 atom stereocenters. The van der Waals surface area contributed by atoms with Crippen molar-refractivity contribution in [3.8, 4) is 0 Å². The van der Waals surface area contributed by atoms with Crippen molar-refractivity contribution in [2.24, 2.45) is 4.99 Å². The third-order valence-electron chi connectivity index (χ3n) is 5.47. The largest absolute Gasteiger partial charge is 0.463 e. The first-order valence-electron chi connectivity index (χ1n) is 10.7. The van der Waals surface area contributed by atoms with Crippen molar-refractivity contribution in [1.29, 1.82) is 0 Å². The van der Waals surface area contributed by atoms with Crippen LogP contribution in [0, 0.1) is 6.92 Å². The molecule has 0 N–H and O–H groups in total. The maximum Gasteiger partial charge on any atom is 0.338 e. The van der Waals surface area contributed by atoms with Crippen molar-refractivity contribution in [2.45, 2.75) is 46.6 Å². The smallest absolute Gasteiger partial charge is 0.338 e. The zero-order chi connectivity index (χ0) is 23.0. The van der Waals surface area contributed by atoms with Crippen LogP contribution in [0.15, 0.2) is 61.9 Å². The van der Waals surface area contributed by atoms with Gasteiger partial charge in [0.05, 0.1) is 28.5 Å². The highest BCUT2D eigenvalue weighted by atomic mass is 32.1. The molecule has 1 aromatic carbocycles. The molecule has 0 bridgehead atoms. The van der Waals surface area contributed by atoms with Gasteiger partial charge in [-0.2, -0.15) is 0 Å². The summed E-state index contributed by atoms with van der Waals surface area (Å²) in [4.78, 5) is 31.5. The number of aromatic nitrogens is 1. The number of benzene rings is 1. The molecule has 0 amide bonds. The molecule has 0 unspecified atom stereocenters. The minimum absolute atomic E-state index is 0.213. The van der Waals surface area contributed by atoms with E-state index in [1.807, 2.05) is 43.3 Å². The molecular weight excluding hydrogens is 424 g/mol. The van der Waals surface area contributed by atoms with Crippen LogP contribution >= 0.6 is 11.3 Å². The number of nitrogens with zero attached hydrogens (tertiary/aromatic N) is 2. The predicted octanol–water partition coefficient (Wildman–Crippen LogP) is 3.82. The molecule has 3 aromatic rings. The van der Waals surface area contributed by atoms with Crippen LogP contribution in [0.25, 0.3) is 6.08 Å². The van der Waals surface area contributed by atoms with E-state index in [1.165, 1.54) is 16.9 Å². The van der Waals surface area contributed by atoms with Crippen LogP contribution in [0.5, 0.6) is 0 Å². The van der Waals surface area contributed by atoms with Crippen molar-refractivity contribution in [2.75, 3.05) is 6.61 Å². The first kappa shape index (κ1) is 22.0. The summed E-state index contributed by atoms with van der Waals surface area (Å²) in [5.41, 5.74) is 2.76. The molecule has 0 saturated heterocycles. The fraction of sp³-hybridized carbons (Fsp3) is 0.320. The van der Waals surface area contributed by atoms with Crippen molar-refractivity contribution in [1.82, 2.24) is 4.57 Å². The minimum Gasteiger partial charge on any atom is -0.463 e. The minimum atomic E-state index is -0.605. The number of rotatable bonds is 5. The Labute approximate surface area is 190 Å². The molecule has 1 aliphatic rings. The van der Waals surface area contributed by atoms with Crippen molar-refractivity contribution < 1.29 is 13.9 Å². The standard InChI is InChI=1S/C25H26N2O4S/c1-6-30-24(29)21-16(5)26-25-27(22(21)18-10-8-17(9-11-18)14(2)3)23(28)20(32-25)13-19-12-7-15(4)31-19/h7-14,22H,6H2,1-5H3/t22-/m1/s1. The molecule has 3 heterocycles. The van der Waals surface area contributed by atoms with Gasteiger partial charge >= 0.3 is 5.97 Å². The van der Waals surface area contributed by atoms with E-state index in [0.29, 0.717) is 32.3 Å². The Kier molecular flexibility index (Phi) is 6.02. The fourth-order valence-electron chi connectivity index (χ4n) is 3.83. The lowest BCUT2D eigenvalue weighted by Crippen LogP contribution is -2.39. The molecule has 2 aromatic heterocycles. The normalized spacial score (nSPS) is 16.3. The quantitative estimate of drug-likeness (QED) is 0.554. The molecule has 1 aliphatic heterocycles. The van der Waals surface area contributed by atoms with Gasteiger partial charge < -0.3 is 9.15 Å². The number of fused-ring (bicyclic) bond motifs is 1. The molecular formula is C25H26N2O4S. The van der Waals surface area contributed by atoms with Crippen LogP contribution in [0.4, 0.5) is 0 Å². The molecule has 166 valence electrons. The van der Waals surface area contributed by atoms with Gasteiger partial charge in [0.25, 0.3) is 5.56 Å². The number of aryl methyl sites for hydroxylation is 1. The number of hydrogen-bond donors (Lipinski definition) is 0. The second-order valence-corrected chi connectivity index (χ2v) is 9.08. The summed E-state index contributed by atoms with van der Waals surface area (Å²) < 4.78 is 13.0. The number of carbonyl (C=O) groups excluding carboxylic acids is 1. The monoisotopic (exact) mass is 450 g/mol. The Morgan fingerprint density at radius 2 is 1.94 bits per heavy atom. The summed E-state index contributed by atoms with van der Waals surface area (Å²) in [6.07, 6.45) is 1.72. The van der Waals surface area contributed by atoms with Crippen LogP contribution in [0.3, 0.4) is 0 Å². The summed E-state index contributed by atoms with van der Waals surface area (Å²) in [5, 5.41) is 0. The number of esters is 1. The number of carbonyl (C=O) groups is 1. The number of hydrogen-bond acceptors (Lipinski definition) is 6. The first-order chi connectivity index (χ1) is 15.3. The predicted molar refractivity (Wildman–Crippen MR) is 124 cm³/mol. The highest BCUT2D eigenvalue weighted by molar-refractivity contribution is 7.07. The topological polar surface area (TPSA) is 73.8 Å². The Balaban J connectivity index is 1.93. The molecule has 7 heteroatoms. The SMILES string of the molecule is CCOC(=O)C1=C(C)N=c2sc(=Cc3ccc(C)o3)c(=O)n2[C@@H]1c1ccc(C(C)C)cc1. The molecule has 6 nitrogen and oxygen atoms in total. The lowest BCUT2D eigenvalue weighted by Gasteiger charge is -2.25. The summed E-state index contributed by atoms with van der Waals surface area (Å²) in [5.74, 6) is 1.30. The van der Waals surface area contributed by atoms with Gasteiger partial charge in [0.15, 0.2) is 4.80 Å². The van der Waals surface area contributed by atoms with Gasteiger partial charge in [-0.05, 0) is 49.9 Å². The summed E-state index contributed by atoms with van der Waals surface area (Å²) in [7, 11) is 0. The third kappa shape index (κ3) is 4.00. The van der Waals surface area contributed by atoms with E-state index in [2.05, 4.69) is 18.8 Å². The van der Waals surface area contributed by atoms with Crippen molar-refractivity contribution in [3.63, 3.8) is 0 Å². The highest BCUT2D eigenvalue weighted by Crippen LogP contribution is 2.31. The van der Waals surface area contributed by atoms with Gasteiger partial charge in [-0.25, -0.2) is 9.79 Å².